The molecule has 7 unspecified atom stereocenters. The van der Waals surface area contributed by atoms with Crippen LogP contribution in [0.3, 0.4) is 0 Å². The molecule has 4 aliphatic rings. The molecule has 156 valence electrons. The third-order valence-electron chi connectivity index (χ3n) is 6.26. The number of likely N-dealkylation sites (tertiary alicyclic amines) is 1. The van der Waals surface area contributed by atoms with Crippen molar-refractivity contribution in [1.29, 1.82) is 5.26 Å². The summed E-state index contributed by atoms with van der Waals surface area (Å²) in [6.07, 6.45) is -1.09. The molecule has 0 radical (unpaired) electrons. The zero-order valence-electron chi connectivity index (χ0n) is 15.7. The van der Waals surface area contributed by atoms with Crippen molar-refractivity contribution in [1.82, 2.24) is 31.3 Å². The van der Waals surface area contributed by atoms with E-state index in [0.717, 1.165) is 13.0 Å². The van der Waals surface area contributed by atoms with Gasteiger partial charge in [0.2, 0.25) is 5.91 Å². The monoisotopic (exact) mass is 414 g/mol. The van der Waals surface area contributed by atoms with Gasteiger partial charge in [0.25, 0.3) is 0 Å². The molecule has 0 aromatic heterocycles. The van der Waals surface area contributed by atoms with Crippen LogP contribution < -0.4 is 27.1 Å². The van der Waals surface area contributed by atoms with Gasteiger partial charge < -0.3 is 16.4 Å². The average Bonchev–Trinajstić information content (AvgIpc) is 3.24. The fraction of sp³-hybridized carbons (Fsp3) is 0.882. The van der Waals surface area contributed by atoms with Gasteiger partial charge in [0.1, 0.15) is 6.17 Å². The molecule has 4 heterocycles. The van der Waals surface area contributed by atoms with Gasteiger partial charge in [-0.2, -0.15) is 5.26 Å². The molecule has 4 aliphatic heterocycles. The molecule has 4 rings (SSSR count). The molecule has 8 atom stereocenters. The lowest BCUT2D eigenvalue weighted by atomic mass is 9.96. The van der Waals surface area contributed by atoms with Crippen LogP contribution >= 0.6 is 11.6 Å². The molecular formula is C17H28ClFN8O. The molecule has 0 aliphatic carbocycles. The Morgan fingerprint density at radius 1 is 1.32 bits per heavy atom. The summed E-state index contributed by atoms with van der Waals surface area (Å²) in [5, 5.41) is 20.2. The zero-order chi connectivity index (χ0) is 19.8. The number of hydrogen-bond donors (Lipinski definition) is 5. The van der Waals surface area contributed by atoms with Crippen LogP contribution in [0.1, 0.15) is 6.42 Å². The van der Waals surface area contributed by atoms with Crippen LogP contribution in [0.4, 0.5) is 4.39 Å². The normalized spacial score (nSPS) is 44.8. The molecular weight excluding hydrogens is 387 g/mol. The Balaban J connectivity index is 1.44. The third-order valence-corrected chi connectivity index (χ3v) is 6.67. The van der Waals surface area contributed by atoms with Crippen molar-refractivity contribution in [2.45, 2.75) is 42.4 Å². The summed E-state index contributed by atoms with van der Waals surface area (Å²) in [7, 11) is 0. The quantitative estimate of drug-likeness (QED) is 0.332. The van der Waals surface area contributed by atoms with Gasteiger partial charge >= 0.3 is 0 Å². The van der Waals surface area contributed by atoms with E-state index in [1.54, 1.807) is 5.01 Å². The summed E-state index contributed by atoms with van der Waals surface area (Å²) >= 11 is 6.61. The second-order valence-corrected chi connectivity index (χ2v) is 8.73. The molecule has 6 N–H and O–H groups in total. The molecule has 0 aromatic carbocycles. The van der Waals surface area contributed by atoms with E-state index in [9.17, 15) is 14.4 Å². The van der Waals surface area contributed by atoms with Gasteiger partial charge in [0.15, 0.2) is 0 Å². The lowest BCUT2D eigenvalue weighted by Crippen LogP contribution is -2.66. The van der Waals surface area contributed by atoms with Gasteiger partial charge in [-0.1, -0.05) is 0 Å². The van der Waals surface area contributed by atoms with Crippen molar-refractivity contribution in [2.24, 2.45) is 17.6 Å². The maximum absolute atomic E-state index is 13.6. The smallest absolute Gasteiger partial charge is 0.229 e. The van der Waals surface area contributed by atoms with Crippen molar-refractivity contribution in [3.8, 4) is 6.07 Å². The third kappa shape index (κ3) is 3.85. The number of carbonyl (C=O) groups excluding carboxylic acids is 1. The van der Waals surface area contributed by atoms with Crippen molar-refractivity contribution >= 4 is 17.5 Å². The van der Waals surface area contributed by atoms with E-state index < -0.39 is 18.3 Å². The van der Waals surface area contributed by atoms with E-state index >= 15 is 0 Å². The van der Waals surface area contributed by atoms with Crippen LogP contribution in [0.15, 0.2) is 0 Å². The summed E-state index contributed by atoms with van der Waals surface area (Å²) in [6, 6.07) is 2.11. The number of halogens is 2. The minimum Gasteiger partial charge on any atom is -0.350 e. The Kier molecular flexibility index (Phi) is 6.04. The van der Waals surface area contributed by atoms with E-state index in [-0.39, 0.29) is 48.5 Å². The summed E-state index contributed by atoms with van der Waals surface area (Å²) in [6.45, 7) is 3.16. The number of piperidine rings is 1. The van der Waals surface area contributed by atoms with Crippen LogP contribution in [0.2, 0.25) is 0 Å². The highest BCUT2D eigenvalue weighted by Gasteiger charge is 2.48. The molecule has 1 amide bonds. The van der Waals surface area contributed by atoms with E-state index in [1.807, 2.05) is 0 Å². The number of fused-ring (bicyclic) bond motifs is 1. The van der Waals surface area contributed by atoms with Gasteiger partial charge in [-0.15, -0.1) is 11.6 Å². The highest BCUT2D eigenvalue weighted by atomic mass is 35.5. The number of nitrogens with two attached hydrogens (primary N) is 1. The first-order valence-electron chi connectivity index (χ1n) is 9.92. The van der Waals surface area contributed by atoms with E-state index in [0.29, 0.717) is 19.6 Å². The number of carbonyl (C=O) groups is 1. The molecule has 4 fully saturated rings. The van der Waals surface area contributed by atoms with Gasteiger partial charge in [-0.3, -0.25) is 15.0 Å². The second-order valence-electron chi connectivity index (χ2n) is 8.17. The van der Waals surface area contributed by atoms with E-state index in [1.165, 1.54) is 0 Å². The molecule has 0 aromatic rings. The van der Waals surface area contributed by atoms with Crippen molar-refractivity contribution in [2.75, 3.05) is 39.3 Å². The maximum Gasteiger partial charge on any atom is 0.229 e. The first-order valence-corrected chi connectivity index (χ1v) is 10.4. The van der Waals surface area contributed by atoms with Gasteiger partial charge in [0, 0.05) is 38.8 Å². The Morgan fingerprint density at radius 2 is 2.14 bits per heavy atom. The topological polar surface area (TPSA) is 121 Å². The Labute approximate surface area is 169 Å². The Bertz CT molecular complexity index is 635. The fourth-order valence-corrected chi connectivity index (χ4v) is 5.36. The van der Waals surface area contributed by atoms with Crippen LogP contribution in [0, 0.1) is 23.2 Å². The molecule has 0 bridgehead atoms. The average molecular weight is 415 g/mol. The SMILES string of the molecule is N#C[C@@H]1CCN(C2C(Cl)CNCC2NC(=O)C2C(N)NN3CC(F)CNC23)C1. The first kappa shape index (κ1) is 20.2. The summed E-state index contributed by atoms with van der Waals surface area (Å²) < 4.78 is 13.6. The largest absolute Gasteiger partial charge is 0.350 e. The number of hydrazine groups is 1. The van der Waals surface area contributed by atoms with Gasteiger partial charge in [-0.25, -0.2) is 14.8 Å². The number of rotatable bonds is 3. The van der Waals surface area contributed by atoms with Crippen LogP contribution in [0.25, 0.3) is 0 Å². The highest BCUT2D eigenvalue weighted by Crippen LogP contribution is 2.27. The summed E-state index contributed by atoms with van der Waals surface area (Å²) in [5.41, 5.74) is 9.15. The predicted molar refractivity (Wildman–Crippen MR) is 102 cm³/mol. The van der Waals surface area contributed by atoms with Crippen molar-refractivity contribution in [3.63, 3.8) is 0 Å². The number of nitrogens with one attached hydrogen (secondary N) is 4. The van der Waals surface area contributed by atoms with Gasteiger partial charge in [-0.05, 0) is 13.0 Å². The number of nitrogens with zero attached hydrogens (tertiary/aromatic N) is 3. The van der Waals surface area contributed by atoms with Crippen LogP contribution in [-0.2, 0) is 4.79 Å². The molecule has 0 spiro atoms. The fourth-order valence-electron chi connectivity index (χ4n) is 4.91. The van der Waals surface area contributed by atoms with E-state index in [2.05, 4.69) is 32.3 Å². The molecule has 9 nitrogen and oxygen atoms in total. The predicted octanol–water partition coefficient (Wildman–Crippen LogP) is -2.12. The lowest BCUT2D eigenvalue weighted by molar-refractivity contribution is -0.128. The summed E-state index contributed by atoms with van der Waals surface area (Å²) in [4.78, 5) is 15.3. The zero-order valence-corrected chi connectivity index (χ0v) is 16.4. The minimum absolute atomic E-state index is 0.0104. The minimum atomic E-state index is -0.995. The first-order chi connectivity index (χ1) is 13.5. The molecule has 4 saturated heterocycles. The Morgan fingerprint density at radius 3 is 2.89 bits per heavy atom. The van der Waals surface area contributed by atoms with Crippen LogP contribution in [0.5, 0.6) is 0 Å². The molecule has 28 heavy (non-hydrogen) atoms. The lowest BCUT2D eigenvalue weighted by Gasteiger charge is -2.42. The van der Waals surface area contributed by atoms with Gasteiger partial charge in [0.05, 0.1) is 41.7 Å². The molecule has 11 heteroatoms. The highest BCUT2D eigenvalue weighted by molar-refractivity contribution is 6.21. The Hall–Kier alpha value is -1.06. The van der Waals surface area contributed by atoms with Crippen molar-refractivity contribution in [3.05, 3.63) is 0 Å². The maximum atomic E-state index is 13.6. The second kappa shape index (κ2) is 8.36. The number of hydrogen-bond acceptors (Lipinski definition) is 8. The standard InChI is InChI=1S/C17H28ClFN8O/c18-11-5-22-6-12(14(11)26-2-1-9(3-20)7-26)24-17(28)13-15(21)25-27-8-10(19)4-23-16(13)27/h9-16,22-23,25H,1-2,4-8,21H2,(H,24,28)/t9-,10?,11?,12?,13?,14?,15?,16?/m0/s1. The number of amides is 1. The number of nitriles is 1. The van der Waals surface area contributed by atoms with Crippen LogP contribution in [-0.4, -0.2) is 91.0 Å². The molecule has 0 saturated carbocycles. The van der Waals surface area contributed by atoms with Crippen molar-refractivity contribution < 1.29 is 9.18 Å². The van der Waals surface area contributed by atoms with E-state index in [4.69, 9.17) is 17.3 Å². The number of alkyl halides is 2. The summed E-state index contributed by atoms with van der Waals surface area (Å²) in [5.74, 6) is -0.693.